The van der Waals surface area contributed by atoms with Crippen LogP contribution in [0, 0.1) is 5.92 Å². The van der Waals surface area contributed by atoms with E-state index in [0.29, 0.717) is 26.3 Å². The van der Waals surface area contributed by atoms with Gasteiger partial charge in [0.15, 0.2) is 0 Å². The molecule has 1 aromatic rings. The van der Waals surface area contributed by atoms with Crippen molar-refractivity contribution in [1.82, 2.24) is 9.80 Å². The molecular formula is C20H30N2O3. The number of carbonyl (C=O) groups is 1. The van der Waals surface area contributed by atoms with Gasteiger partial charge >= 0.3 is 0 Å². The van der Waals surface area contributed by atoms with E-state index in [0.717, 1.165) is 37.4 Å². The van der Waals surface area contributed by atoms with E-state index in [9.17, 15) is 4.79 Å². The van der Waals surface area contributed by atoms with Gasteiger partial charge in [-0.1, -0.05) is 18.2 Å². The topological polar surface area (TPSA) is 42.0 Å². The fourth-order valence-electron chi connectivity index (χ4n) is 3.22. The SMILES string of the molecule is C=CCN(Cc1cccc(OCC)c1)C(=O)[C@H]1CCN(CCOC)C1. The number of benzene rings is 1. The third-order valence-electron chi connectivity index (χ3n) is 4.48. The fourth-order valence-corrected chi connectivity index (χ4v) is 3.22. The first-order valence-corrected chi connectivity index (χ1v) is 9.00. The Kier molecular flexibility index (Phi) is 7.95. The van der Waals surface area contributed by atoms with E-state index in [1.165, 1.54) is 0 Å². The van der Waals surface area contributed by atoms with Crippen LogP contribution in [0.3, 0.4) is 0 Å². The van der Waals surface area contributed by atoms with Crippen molar-refractivity contribution in [3.63, 3.8) is 0 Å². The molecule has 1 aliphatic heterocycles. The number of hydrogen-bond acceptors (Lipinski definition) is 4. The Labute approximate surface area is 151 Å². The largest absolute Gasteiger partial charge is 0.494 e. The lowest BCUT2D eigenvalue weighted by atomic mass is 10.1. The molecule has 0 spiro atoms. The molecule has 1 amide bonds. The van der Waals surface area contributed by atoms with Crippen LogP contribution in [0.4, 0.5) is 0 Å². The highest BCUT2D eigenvalue weighted by Crippen LogP contribution is 2.21. The molecule has 1 atom stereocenters. The molecule has 138 valence electrons. The van der Waals surface area contributed by atoms with Crippen molar-refractivity contribution in [2.45, 2.75) is 19.9 Å². The van der Waals surface area contributed by atoms with Crippen LogP contribution >= 0.6 is 0 Å². The van der Waals surface area contributed by atoms with Gasteiger partial charge in [0.05, 0.1) is 19.1 Å². The van der Waals surface area contributed by atoms with Crippen molar-refractivity contribution in [1.29, 1.82) is 0 Å². The third kappa shape index (κ3) is 5.87. The Morgan fingerprint density at radius 2 is 2.32 bits per heavy atom. The molecular weight excluding hydrogens is 316 g/mol. The molecule has 0 N–H and O–H groups in total. The Bertz CT molecular complexity index is 562. The number of ether oxygens (including phenoxy) is 2. The minimum absolute atomic E-state index is 0.0619. The number of hydrogen-bond donors (Lipinski definition) is 0. The molecule has 1 fully saturated rings. The number of nitrogens with zero attached hydrogens (tertiary/aromatic N) is 2. The average Bonchev–Trinajstić information content (AvgIpc) is 3.08. The first-order chi connectivity index (χ1) is 12.2. The van der Waals surface area contributed by atoms with Gasteiger partial charge in [-0.15, -0.1) is 6.58 Å². The van der Waals surface area contributed by atoms with E-state index in [2.05, 4.69) is 11.5 Å². The summed E-state index contributed by atoms with van der Waals surface area (Å²) in [7, 11) is 1.71. The minimum atomic E-state index is 0.0619. The summed E-state index contributed by atoms with van der Waals surface area (Å²) in [5.41, 5.74) is 1.08. The van der Waals surface area contributed by atoms with Crippen LogP contribution in [0.5, 0.6) is 5.75 Å². The maximum atomic E-state index is 13.0. The fraction of sp³-hybridized carbons (Fsp3) is 0.550. The van der Waals surface area contributed by atoms with E-state index >= 15 is 0 Å². The monoisotopic (exact) mass is 346 g/mol. The van der Waals surface area contributed by atoms with Crippen LogP contribution < -0.4 is 4.74 Å². The van der Waals surface area contributed by atoms with Crippen LogP contribution in [0.15, 0.2) is 36.9 Å². The van der Waals surface area contributed by atoms with Crippen LogP contribution in [0.2, 0.25) is 0 Å². The van der Waals surface area contributed by atoms with Crippen molar-refractivity contribution in [3.05, 3.63) is 42.5 Å². The second-order valence-corrected chi connectivity index (χ2v) is 6.37. The molecule has 1 aromatic carbocycles. The van der Waals surface area contributed by atoms with Gasteiger partial charge in [-0.05, 0) is 37.6 Å². The van der Waals surface area contributed by atoms with Crippen molar-refractivity contribution in [2.24, 2.45) is 5.92 Å². The van der Waals surface area contributed by atoms with Gasteiger partial charge in [0.25, 0.3) is 0 Å². The molecule has 1 heterocycles. The van der Waals surface area contributed by atoms with Gasteiger partial charge in [-0.2, -0.15) is 0 Å². The minimum Gasteiger partial charge on any atom is -0.494 e. The molecule has 0 bridgehead atoms. The molecule has 1 saturated heterocycles. The normalized spacial score (nSPS) is 17.4. The lowest BCUT2D eigenvalue weighted by Gasteiger charge is -2.25. The van der Waals surface area contributed by atoms with Crippen LogP contribution in [0.25, 0.3) is 0 Å². The highest BCUT2D eigenvalue weighted by Gasteiger charge is 2.30. The summed E-state index contributed by atoms with van der Waals surface area (Å²) in [5.74, 6) is 1.12. The van der Waals surface area contributed by atoms with E-state index < -0.39 is 0 Å². The molecule has 0 aliphatic carbocycles. The Hall–Kier alpha value is -1.85. The Balaban J connectivity index is 1.98. The summed E-state index contributed by atoms with van der Waals surface area (Å²) in [5, 5.41) is 0. The van der Waals surface area contributed by atoms with Gasteiger partial charge in [0.2, 0.25) is 5.91 Å². The molecule has 5 nitrogen and oxygen atoms in total. The molecule has 2 rings (SSSR count). The van der Waals surface area contributed by atoms with E-state index in [1.54, 1.807) is 13.2 Å². The second-order valence-electron chi connectivity index (χ2n) is 6.37. The highest BCUT2D eigenvalue weighted by atomic mass is 16.5. The van der Waals surface area contributed by atoms with Crippen LogP contribution in [-0.2, 0) is 16.1 Å². The maximum Gasteiger partial charge on any atom is 0.227 e. The first kappa shape index (κ1) is 19.5. The van der Waals surface area contributed by atoms with Crippen molar-refractivity contribution < 1.29 is 14.3 Å². The zero-order valence-corrected chi connectivity index (χ0v) is 15.4. The van der Waals surface area contributed by atoms with Crippen molar-refractivity contribution in [3.8, 4) is 5.75 Å². The predicted molar refractivity (Wildman–Crippen MR) is 99.6 cm³/mol. The Morgan fingerprint density at radius 1 is 1.48 bits per heavy atom. The first-order valence-electron chi connectivity index (χ1n) is 9.00. The van der Waals surface area contributed by atoms with Gasteiger partial charge in [0, 0.05) is 33.3 Å². The van der Waals surface area contributed by atoms with Gasteiger partial charge in [-0.25, -0.2) is 0 Å². The molecule has 0 unspecified atom stereocenters. The van der Waals surface area contributed by atoms with Crippen LogP contribution in [-0.4, -0.2) is 62.2 Å². The van der Waals surface area contributed by atoms with Gasteiger partial charge in [-0.3, -0.25) is 4.79 Å². The molecule has 0 aromatic heterocycles. The summed E-state index contributed by atoms with van der Waals surface area (Å²) in [6.07, 6.45) is 2.71. The van der Waals surface area contributed by atoms with Gasteiger partial charge in [0.1, 0.15) is 5.75 Å². The van der Waals surface area contributed by atoms with E-state index in [1.807, 2.05) is 36.1 Å². The number of likely N-dealkylation sites (tertiary alicyclic amines) is 1. The molecule has 0 radical (unpaired) electrons. The predicted octanol–water partition coefficient (Wildman–Crippen LogP) is 2.57. The lowest BCUT2D eigenvalue weighted by molar-refractivity contribution is -0.135. The number of amides is 1. The molecule has 5 heteroatoms. The summed E-state index contributed by atoms with van der Waals surface area (Å²) < 4.78 is 10.7. The molecule has 0 saturated carbocycles. The van der Waals surface area contributed by atoms with Crippen molar-refractivity contribution in [2.75, 3.05) is 46.5 Å². The third-order valence-corrected chi connectivity index (χ3v) is 4.48. The number of carbonyl (C=O) groups excluding carboxylic acids is 1. The number of rotatable bonds is 10. The Morgan fingerprint density at radius 3 is 3.04 bits per heavy atom. The highest BCUT2D eigenvalue weighted by molar-refractivity contribution is 5.79. The average molecular weight is 346 g/mol. The van der Waals surface area contributed by atoms with Gasteiger partial charge < -0.3 is 19.3 Å². The number of methoxy groups -OCH3 is 1. The maximum absolute atomic E-state index is 13.0. The zero-order valence-electron chi connectivity index (χ0n) is 15.4. The smallest absolute Gasteiger partial charge is 0.227 e. The molecule has 25 heavy (non-hydrogen) atoms. The standard InChI is InChI=1S/C20H30N2O3/c1-4-10-22(15-17-7-6-8-19(14-17)25-5-2)20(23)18-9-11-21(16-18)12-13-24-3/h4,6-8,14,18H,1,5,9-13,15-16H2,2-3H3/t18-/m0/s1. The molecule has 1 aliphatic rings. The summed E-state index contributed by atoms with van der Waals surface area (Å²) >= 11 is 0. The zero-order chi connectivity index (χ0) is 18.1. The summed E-state index contributed by atoms with van der Waals surface area (Å²) in [4.78, 5) is 17.1. The van der Waals surface area contributed by atoms with Crippen molar-refractivity contribution >= 4 is 5.91 Å². The second kappa shape index (κ2) is 10.2. The van der Waals surface area contributed by atoms with E-state index in [4.69, 9.17) is 9.47 Å². The quantitative estimate of drug-likeness (QED) is 0.611. The summed E-state index contributed by atoms with van der Waals surface area (Å²) in [6.45, 7) is 10.9. The van der Waals surface area contributed by atoms with Crippen LogP contribution in [0.1, 0.15) is 18.9 Å². The lowest BCUT2D eigenvalue weighted by Crippen LogP contribution is -2.37. The van der Waals surface area contributed by atoms with E-state index in [-0.39, 0.29) is 11.8 Å². The summed E-state index contributed by atoms with van der Waals surface area (Å²) in [6, 6.07) is 7.95.